The third-order valence-corrected chi connectivity index (χ3v) is 6.71. The van der Waals surface area contributed by atoms with Crippen LogP contribution in [0.15, 0.2) is 54.7 Å². The lowest BCUT2D eigenvalue weighted by atomic mass is 10.2. The van der Waals surface area contributed by atoms with Crippen LogP contribution in [-0.4, -0.2) is 50.8 Å². The highest BCUT2D eigenvalue weighted by Gasteiger charge is 2.17. The second kappa shape index (κ2) is 10.1. The van der Waals surface area contributed by atoms with Crippen molar-refractivity contribution in [3.05, 3.63) is 64.8 Å². The first-order valence-electron chi connectivity index (χ1n) is 11.4. The minimum atomic E-state index is 0.462. The van der Waals surface area contributed by atoms with Gasteiger partial charge in [-0.3, -0.25) is 0 Å². The summed E-state index contributed by atoms with van der Waals surface area (Å²) in [6, 6.07) is 15.5. The Balaban J connectivity index is 1.45. The number of likely N-dealkylation sites (tertiary alicyclic amines) is 1. The van der Waals surface area contributed by atoms with Crippen LogP contribution < -0.4 is 5.32 Å². The van der Waals surface area contributed by atoms with E-state index >= 15 is 0 Å². The summed E-state index contributed by atoms with van der Waals surface area (Å²) in [6.45, 7) is 4.45. The largest absolute Gasteiger partial charge is 0.368 e. The summed E-state index contributed by atoms with van der Waals surface area (Å²) in [4.78, 5) is 12.4. The molecule has 1 saturated heterocycles. The van der Waals surface area contributed by atoms with Gasteiger partial charge in [0, 0.05) is 6.54 Å². The van der Waals surface area contributed by atoms with Gasteiger partial charge in [-0.1, -0.05) is 41.4 Å². The molecule has 8 heteroatoms. The second-order valence-electron chi connectivity index (χ2n) is 8.32. The standard InChI is InChI=1S/C25H26Cl2N6/c26-19-16-21-22(17-20(19)27)31-25(28-11-4-5-13-32-14-6-7-15-32)24(30-21)23-10-12-29-33(23)18-8-2-1-3-9-18/h1-3,8-10,12,16-17H,4-7,11,13-15H2,(H,28,31). The Bertz CT molecular complexity index is 1230. The van der Waals surface area contributed by atoms with Gasteiger partial charge in [0.25, 0.3) is 0 Å². The average Bonchev–Trinajstić information content (AvgIpc) is 3.52. The Labute approximate surface area is 203 Å². The number of nitrogens with one attached hydrogen (secondary N) is 1. The Morgan fingerprint density at radius 2 is 1.61 bits per heavy atom. The van der Waals surface area contributed by atoms with Crippen LogP contribution in [0.3, 0.4) is 0 Å². The van der Waals surface area contributed by atoms with Crippen molar-refractivity contribution in [3.63, 3.8) is 0 Å². The maximum absolute atomic E-state index is 6.27. The SMILES string of the molecule is Clc1cc2nc(NCCCCN3CCCC3)c(-c3ccnn3-c3ccccc3)nc2cc1Cl. The topological polar surface area (TPSA) is 58.9 Å². The number of para-hydroxylation sites is 1. The van der Waals surface area contributed by atoms with Crippen molar-refractivity contribution >= 4 is 40.1 Å². The van der Waals surface area contributed by atoms with Gasteiger partial charge < -0.3 is 10.2 Å². The number of fused-ring (bicyclic) bond motifs is 1. The van der Waals surface area contributed by atoms with Gasteiger partial charge in [-0.25, -0.2) is 14.6 Å². The molecule has 0 bridgehead atoms. The molecule has 0 spiro atoms. The molecule has 1 aliphatic rings. The molecule has 2 aromatic heterocycles. The van der Waals surface area contributed by atoms with Gasteiger partial charge in [0.05, 0.1) is 38.7 Å². The van der Waals surface area contributed by atoms with Crippen LogP contribution in [0.1, 0.15) is 25.7 Å². The molecule has 2 aromatic carbocycles. The van der Waals surface area contributed by atoms with Crippen LogP contribution in [0.25, 0.3) is 28.1 Å². The maximum atomic E-state index is 6.27. The van der Waals surface area contributed by atoms with Gasteiger partial charge in [-0.05, 0) is 75.6 Å². The number of rotatable bonds is 8. The van der Waals surface area contributed by atoms with Crippen LogP contribution in [-0.2, 0) is 0 Å². The Kier molecular flexibility index (Phi) is 6.76. The fourth-order valence-corrected chi connectivity index (χ4v) is 4.60. The summed E-state index contributed by atoms with van der Waals surface area (Å²) in [5.41, 5.74) is 3.96. The smallest absolute Gasteiger partial charge is 0.155 e. The molecule has 0 unspecified atom stereocenters. The van der Waals surface area contributed by atoms with Crippen molar-refractivity contribution < 1.29 is 0 Å². The number of halogens is 2. The van der Waals surface area contributed by atoms with Crippen molar-refractivity contribution in [2.24, 2.45) is 0 Å². The summed E-state index contributed by atoms with van der Waals surface area (Å²) in [6.07, 6.45) is 6.66. The molecule has 33 heavy (non-hydrogen) atoms. The number of unbranched alkanes of at least 4 members (excludes halogenated alkanes) is 1. The minimum Gasteiger partial charge on any atom is -0.368 e. The normalized spacial score (nSPS) is 14.2. The van der Waals surface area contributed by atoms with E-state index in [1.165, 1.54) is 25.9 Å². The number of hydrogen-bond acceptors (Lipinski definition) is 5. The van der Waals surface area contributed by atoms with E-state index in [2.05, 4.69) is 15.3 Å². The Morgan fingerprint density at radius 1 is 0.879 bits per heavy atom. The molecule has 0 radical (unpaired) electrons. The minimum absolute atomic E-state index is 0.462. The van der Waals surface area contributed by atoms with Crippen molar-refractivity contribution in [1.82, 2.24) is 24.6 Å². The molecule has 5 rings (SSSR count). The molecule has 1 fully saturated rings. The van der Waals surface area contributed by atoms with Crippen LogP contribution in [0.2, 0.25) is 10.0 Å². The zero-order chi connectivity index (χ0) is 22.6. The fraction of sp³-hybridized carbons (Fsp3) is 0.320. The van der Waals surface area contributed by atoms with Gasteiger partial charge in [0.2, 0.25) is 0 Å². The maximum Gasteiger partial charge on any atom is 0.155 e. The van der Waals surface area contributed by atoms with E-state index in [9.17, 15) is 0 Å². The van der Waals surface area contributed by atoms with Crippen LogP contribution in [0.4, 0.5) is 5.82 Å². The van der Waals surface area contributed by atoms with Crippen LogP contribution >= 0.6 is 23.2 Å². The molecular weight excluding hydrogens is 455 g/mol. The molecule has 170 valence electrons. The van der Waals surface area contributed by atoms with Crippen molar-refractivity contribution in [1.29, 1.82) is 0 Å². The molecule has 1 aliphatic heterocycles. The lowest BCUT2D eigenvalue weighted by Gasteiger charge is -2.16. The molecular formula is C25H26Cl2N6. The fourth-order valence-electron chi connectivity index (χ4n) is 4.28. The zero-order valence-electron chi connectivity index (χ0n) is 18.3. The van der Waals surface area contributed by atoms with Crippen LogP contribution in [0.5, 0.6) is 0 Å². The Morgan fingerprint density at radius 3 is 2.36 bits per heavy atom. The monoisotopic (exact) mass is 480 g/mol. The number of anilines is 1. The van der Waals surface area contributed by atoms with Gasteiger partial charge in [-0.2, -0.15) is 5.10 Å². The quantitative estimate of drug-likeness (QED) is 0.309. The van der Waals surface area contributed by atoms with E-state index in [0.29, 0.717) is 21.1 Å². The van der Waals surface area contributed by atoms with Crippen molar-refractivity contribution in [3.8, 4) is 17.1 Å². The Hall–Kier alpha value is -2.67. The number of benzene rings is 2. The van der Waals surface area contributed by atoms with Crippen molar-refractivity contribution in [2.75, 3.05) is 31.5 Å². The summed E-state index contributed by atoms with van der Waals surface area (Å²) in [5.74, 6) is 0.722. The number of hydrogen-bond donors (Lipinski definition) is 1. The van der Waals surface area contributed by atoms with Crippen LogP contribution in [0, 0.1) is 0 Å². The molecule has 0 aliphatic carbocycles. The van der Waals surface area contributed by atoms with Gasteiger partial charge in [0.1, 0.15) is 5.69 Å². The first-order chi connectivity index (χ1) is 16.2. The molecule has 1 N–H and O–H groups in total. The summed E-state index contributed by atoms with van der Waals surface area (Å²) < 4.78 is 1.88. The highest BCUT2D eigenvalue weighted by Crippen LogP contribution is 2.32. The molecule has 0 saturated carbocycles. The highest BCUT2D eigenvalue weighted by atomic mass is 35.5. The average molecular weight is 481 g/mol. The van der Waals surface area contributed by atoms with E-state index in [1.54, 1.807) is 18.3 Å². The second-order valence-corrected chi connectivity index (χ2v) is 9.14. The van der Waals surface area contributed by atoms with Gasteiger partial charge in [0.15, 0.2) is 5.82 Å². The lowest BCUT2D eigenvalue weighted by molar-refractivity contribution is 0.331. The van der Waals surface area contributed by atoms with Crippen molar-refractivity contribution in [2.45, 2.75) is 25.7 Å². The lowest BCUT2D eigenvalue weighted by Crippen LogP contribution is -2.21. The predicted molar refractivity (Wildman–Crippen MR) is 136 cm³/mol. The number of aromatic nitrogens is 4. The third-order valence-electron chi connectivity index (χ3n) is 5.98. The molecule has 4 aromatic rings. The van der Waals surface area contributed by atoms with E-state index in [4.69, 9.17) is 33.2 Å². The summed E-state index contributed by atoms with van der Waals surface area (Å²) in [5, 5.41) is 8.99. The third kappa shape index (κ3) is 4.98. The summed E-state index contributed by atoms with van der Waals surface area (Å²) >= 11 is 12.5. The van der Waals surface area contributed by atoms with Gasteiger partial charge >= 0.3 is 0 Å². The van der Waals surface area contributed by atoms with E-state index in [1.807, 2.05) is 41.1 Å². The summed E-state index contributed by atoms with van der Waals surface area (Å²) in [7, 11) is 0. The first kappa shape index (κ1) is 22.1. The zero-order valence-corrected chi connectivity index (χ0v) is 19.9. The highest BCUT2D eigenvalue weighted by molar-refractivity contribution is 6.42. The molecule has 6 nitrogen and oxygen atoms in total. The van der Waals surface area contributed by atoms with E-state index < -0.39 is 0 Å². The molecule has 0 atom stereocenters. The predicted octanol–water partition coefficient (Wildman–Crippen LogP) is 6.08. The first-order valence-corrected chi connectivity index (χ1v) is 12.2. The molecule has 0 amide bonds. The molecule has 3 heterocycles. The van der Waals surface area contributed by atoms with Gasteiger partial charge in [-0.15, -0.1) is 0 Å². The van der Waals surface area contributed by atoms with E-state index in [0.717, 1.165) is 48.8 Å². The number of nitrogens with zero attached hydrogens (tertiary/aromatic N) is 5. The van der Waals surface area contributed by atoms with E-state index in [-0.39, 0.29) is 0 Å².